The van der Waals surface area contributed by atoms with Crippen molar-refractivity contribution < 1.29 is 23.7 Å². The van der Waals surface area contributed by atoms with Crippen LogP contribution in [-0.4, -0.2) is 69.2 Å². The molecule has 0 spiro atoms. The molecule has 48 heavy (non-hydrogen) atoms. The van der Waals surface area contributed by atoms with E-state index in [-0.39, 0.29) is 5.91 Å². The maximum atomic E-state index is 12.8. The first-order valence-electron chi connectivity index (χ1n) is 15.5. The molecule has 5 aromatic rings. The van der Waals surface area contributed by atoms with E-state index >= 15 is 0 Å². The van der Waals surface area contributed by atoms with Crippen molar-refractivity contribution in [1.82, 2.24) is 14.9 Å². The molecule has 1 amide bonds. The summed E-state index contributed by atoms with van der Waals surface area (Å²) < 4.78 is 24.1. The largest absolute Gasteiger partial charge is 0.497 e. The molecule has 3 N–H and O–H groups in total. The van der Waals surface area contributed by atoms with Crippen LogP contribution in [0.5, 0.6) is 11.5 Å². The molecule has 0 radical (unpaired) electrons. The van der Waals surface area contributed by atoms with Crippen LogP contribution < -0.4 is 20.5 Å². The quantitative estimate of drug-likeness (QED) is 0.108. The maximum absolute atomic E-state index is 12.8. The summed E-state index contributed by atoms with van der Waals surface area (Å²) in [4.78, 5) is 18.1. The molecule has 0 saturated carbocycles. The Morgan fingerprint density at radius 3 is 2.00 bits per heavy atom. The van der Waals surface area contributed by atoms with Crippen LogP contribution in [0.25, 0.3) is 33.9 Å². The van der Waals surface area contributed by atoms with Gasteiger partial charge in [0.05, 0.1) is 57.1 Å². The topological polar surface area (TPSA) is 110 Å². The maximum Gasteiger partial charge on any atom is 0.251 e. The molecular formula is C37H38Cl2N4O5. The number of ether oxygens (including phenoxy) is 4. The van der Waals surface area contributed by atoms with Gasteiger partial charge in [-0.05, 0) is 42.0 Å². The number of hydrogen-bond acceptors (Lipinski definition) is 7. The van der Waals surface area contributed by atoms with E-state index in [0.29, 0.717) is 84.7 Å². The summed E-state index contributed by atoms with van der Waals surface area (Å²) in [7, 11) is 3.22. The standard InChI is InChI=1S/C37H38Cl2N4O5/c1-45-28-21-27(22-29(23-28)46-2)36-42-34(30-7-3-5-9-32(30)38)35(31-8-4-6-10-33(31)39)43(36)24-25-11-13-26(14-12-25)37(44)41-16-18-48-20-19-47-17-15-40/h3-14,21-23H,15-20,24,40H2,1-2H3,(H,41,44). The minimum atomic E-state index is -0.186. The van der Waals surface area contributed by atoms with Gasteiger partial charge in [0.1, 0.15) is 17.3 Å². The summed E-state index contributed by atoms with van der Waals surface area (Å²) in [6, 6.07) is 28.4. The Balaban J connectivity index is 1.51. The van der Waals surface area contributed by atoms with Gasteiger partial charge in [-0.25, -0.2) is 4.98 Å². The van der Waals surface area contributed by atoms with Crippen molar-refractivity contribution in [3.8, 4) is 45.4 Å². The Labute approximate surface area is 290 Å². The van der Waals surface area contributed by atoms with Gasteiger partial charge < -0.3 is 34.6 Å². The van der Waals surface area contributed by atoms with E-state index < -0.39 is 0 Å². The number of halogens is 2. The van der Waals surface area contributed by atoms with Gasteiger partial charge in [0.15, 0.2) is 0 Å². The second kappa shape index (κ2) is 17.1. The first-order valence-corrected chi connectivity index (χ1v) is 16.3. The highest BCUT2D eigenvalue weighted by atomic mass is 35.5. The molecule has 9 nitrogen and oxygen atoms in total. The average molecular weight is 690 g/mol. The lowest BCUT2D eigenvalue weighted by Gasteiger charge is -2.16. The van der Waals surface area contributed by atoms with Crippen LogP contribution in [0.4, 0.5) is 0 Å². The van der Waals surface area contributed by atoms with Crippen LogP contribution in [0.2, 0.25) is 10.0 Å². The number of nitrogens with zero attached hydrogens (tertiary/aromatic N) is 2. The highest BCUT2D eigenvalue weighted by molar-refractivity contribution is 6.34. The molecule has 250 valence electrons. The summed E-state index contributed by atoms with van der Waals surface area (Å²) in [5, 5.41) is 4.03. The Morgan fingerprint density at radius 1 is 0.792 bits per heavy atom. The van der Waals surface area contributed by atoms with E-state index in [9.17, 15) is 4.79 Å². The number of imidazole rings is 1. The first kappa shape index (κ1) is 34.9. The third-order valence-corrected chi connectivity index (χ3v) is 8.22. The van der Waals surface area contributed by atoms with Gasteiger partial charge in [-0.2, -0.15) is 0 Å². The Hall–Kier alpha value is -4.38. The van der Waals surface area contributed by atoms with E-state index in [4.69, 9.17) is 52.9 Å². The summed E-state index contributed by atoms with van der Waals surface area (Å²) in [5.41, 5.74) is 10.7. The van der Waals surface area contributed by atoms with Crippen molar-refractivity contribution in [3.05, 3.63) is 112 Å². The molecule has 0 bridgehead atoms. The van der Waals surface area contributed by atoms with Gasteiger partial charge in [0, 0.05) is 53.0 Å². The molecule has 0 aliphatic rings. The monoisotopic (exact) mass is 688 g/mol. The predicted octanol–water partition coefficient (Wildman–Crippen LogP) is 6.98. The minimum absolute atomic E-state index is 0.186. The van der Waals surface area contributed by atoms with Crippen molar-refractivity contribution in [2.45, 2.75) is 6.54 Å². The molecule has 0 aliphatic carbocycles. The number of nitrogens with one attached hydrogen (secondary N) is 1. The zero-order valence-electron chi connectivity index (χ0n) is 26.9. The summed E-state index contributed by atoms with van der Waals surface area (Å²) in [6.07, 6.45) is 0. The van der Waals surface area contributed by atoms with E-state index in [1.54, 1.807) is 14.2 Å². The highest BCUT2D eigenvalue weighted by Gasteiger charge is 2.25. The van der Waals surface area contributed by atoms with Gasteiger partial charge in [-0.15, -0.1) is 0 Å². The molecule has 0 atom stereocenters. The van der Waals surface area contributed by atoms with Crippen LogP contribution in [0, 0.1) is 0 Å². The molecule has 0 aliphatic heterocycles. The molecule has 4 aromatic carbocycles. The molecule has 1 heterocycles. The number of aromatic nitrogens is 2. The van der Waals surface area contributed by atoms with Crippen LogP contribution in [0.1, 0.15) is 15.9 Å². The van der Waals surface area contributed by atoms with Crippen LogP contribution >= 0.6 is 23.2 Å². The molecule has 11 heteroatoms. The fourth-order valence-corrected chi connectivity index (χ4v) is 5.67. The van der Waals surface area contributed by atoms with Crippen molar-refractivity contribution in [3.63, 3.8) is 0 Å². The summed E-state index contributed by atoms with van der Waals surface area (Å²) >= 11 is 13.6. The Kier molecular flexibility index (Phi) is 12.5. The molecule has 1 aromatic heterocycles. The van der Waals surface area contributed by atoms with Crippen molar-refractivity contribution in [1.29, 1.82) is 0 Å². The van der Waals surface area contributed by atoms with Crippen LogP contribution in [0.15, 0.2) is 91.0 Å². The van der Waals surface area contributed by atoms with Crippen molar-refractivity contribution >= 4 is 29.1 Å². The van der Waals surface area contributed by atoms with Gasteiger partial charge in [-0.3, -0.25) is 4.79 Å². The van der Waals surface area contributed by atoms with E-state index in [1.165, 1.54) is 0 Å². The average Bonchev–Trinajstić information content (AvgIpc) is 3.48. The number of nitrogens with two attached hydrogens (primary N) is 1. The minimum Gasteiger partial charge on any atom is -0.497 e. The summed E-state index contributed by atoms with van der Waals surface area (Å²) in [5.74, 6) is 1.72. The zero-order chi connectivity index (χ0) is 33.9. The Bertz CT molecular complexity index is 1810. The van der Waals surface area contributed by atoms with E-state index in [1.807, 2.05) is 91.0 Å². The number of carbonyl (C=O) groups excluding carboxylic acids is 1. The van der Waals surface area contributed by atoms with Crippen molar-refractivity contribution in [2.24, 2.45) is 5.73 Å². The molecule has 0 saturated heterocycles. The molecule has 0 unspecified atom stereocenters. The molecular weight excluding hydrogens is 651 g/mol. The van der Waals surface area contributed by atoms with Gasteiger partial charge in [0.2, 0.25) is 0 Å². The van der Waals surface area contributed by atoms with Gasteiger partial charge >= 0.3 is 0 Å². The second-order valence-corrected chi connectivity index (χ2v) is 11.6. The van der Waals surface area contributed by atoms with Crippen LogP contribution in [0.3, 0.4) is 0 Å². The predicted molar refractivity (Wildman–Crippen MR) is 190 cm³/mol. The number of amides is 1. The lowest BCUT2D eigenvalue weighted by molar-refractivity contribution is 0.0511. The van der Waals surface area contributed by atoms with E-state index in [2.05, 4.69) is 9.88 Å². The number of benzene rings is 4. The summed E-state index contributed by atoms with van der Waals surface area (Å²) in [6.45, 7) is 3.06. The molecule has 5 rings (SSSR count). The number of methoxy groups -OCH3 is 2. The third-order valence-electron chi connectivity index (χ3n) is 7.56. The Morgan fingerprint density at radius 2 is 1.40 bits per heavy atom. The lowest BCUT2D eigenvalue weighted by atomic mass is 10.0. The lowest BCUT2D eigenvalue weighted by Crippen LogP contribution is -2.27. The van der Waals surface area contributed by atoms with Gasteiger partial charge in [-0.1, -0.05) is 71.7 Å². The normalized spacial score (nSPS) is 11.0. The zero-order valence-corrected chi connectivity index (χ0v) is 28.4. The SMILES string of the molecule is COc1cc(OC)cc(-c2nc(-c3ccccc3Cl)c(-c3ccccc3Cl)n2Cc2ccc(C(=O)NCCOCCOCCN)cc2)c1. The van der Waals surface area contributed by atoms with E-state index in [0.717, 1.165) is 27.9 Å². The third kappa shape index (κ3) is 8.55. The number of carbonyl (C=O) groups is 1. The van der Waals surface area contributed by atoms with Gasteiger partial charge in [0.25, 0.3) is 5.91 Å². The smallest absolute Gasteiger partial charge is 0.251 e. The number of rotatable bonds is 16. The second-order valence-electron chi connectivity index (χ2n) is 10.7. The number of hydrogen-bond donors (Lipinski definition) is 2. The fraction of sp³-hybridized carbons (Fsp3) is 0.243. The fourth-order valence-electron chi connectivity index (χ4n) is 5.22. The molecule has 0 fully saturated rings. The van der Waals surface area contributed by atoms with Crippen LogP contribution in [-0.2, 0) is 16.0 Å². The highest BCUT2D eigenvalue weighted by Crippen LogP contribution is 2.42. The first-order chi connectivity index (χ1) is 23.4. The van der Waals surface area contributed by atoms with Crippen molar-refractivity contribution in [2.75, 3.05) is 53.7 Å².